The number of ketones is 1. The molecular formula is C26H28O9. The average molecular weight is 485 g/mol. The first-order valence-electron chi connectivity index (χ1n) is 11.3. The van der Waals surface area contributed by atoms with Crippen molar-refractivity contribution < 1.29 is 42.9 Å². The molecule has 0 amide bonds. The van der Waals surface area contributed by atoms with Gasteiger partial charge < -0.3 is 23.7 Å². The summed E-state index contributed by atoms with van der Waals surface area (Å²) in [5.74, 6) is -2.77. The van der Waals surface area contributed by atoms with Gasteiger partial charge in [0.15, 0.2) is 17.3 Å². The normalized spacial score (nSPS) is 29.5. The molecule has 0 aromatic heterocycles. The van der Waals surface area contributed by atoms with Crippen LogP contribution in [0.1, 0.15) is 44.5 Å². The number of methoxy groups -OCH3 is 2. The molecule has 0 bridgehead atoms. The average Bonchev–Trinajstić information content (AvgIpc) is 3.18. The van der Waals surface area contributed by atoms with E-state index in [-0.39, 0.29) is 17.8 Å². The molecule has 0 unspecified atom stereocenters. The van der Waals surface area contributed by atoms with Crippen LogP contribution < -0.4 is 9.47 Å². The van der Waals surface area contributed by atoms with Gasteiger partial charge in [-0.05, 0) is 45.0 Å². The molecule has 4 rings (SSSR count). The van der Waals surface area contributed by atoms with E-state index in [9.17, 15) is 19.2 Å². The summed E-state index contributed by atoms with van der Waals surface area (Å²) < 4.78 is 27.7. The molecule has 0 saturated carbocycles. The zero-order chi connectivity index (χ0) is 25.7. The number of carbonyl (C=O) groups excluding carboxylic acids is 4. The van der Waals surface area contributed by atoms with Crippen LogP contribution in [-0.2, 0) is 28.6 Å². The molecule has 1 fully saturated rings. The van der Waals surface area contributed by atoms with E-state index in [1.807, 2.05) is 0 Å². The molecule has 3 aliphatic rings. The third kappa shape index (κ3) is 3.98. The first kappa shape index (κ1) is 24.5. The highest BCUT2D eigenvalue weighted by atomic mass is 16.6. The highest BCUT2D eigenvalue weighted by Crippen LogP contribution is 2.51. The summed E-state index contributed by atoms with van der Waals surface area (Å²) in [7, 11) is 2.94. The zero-order valence-corrected chi connectivity index (χ0v) is 20.5. The third-order valence-corrected chi connectivity index (χ3v) is 6.99. The molecule has 2 aliphatic carbocycles. The van der Waals surface area contributed by atoms with E-state index in [0.29, 0.717) is 17.1 Å². The van der Waals surface area contributed by atoms with E-state index in [1.165, 1.54) is 46.3 Å². The van der Waals surface area contributed by atoms with Crippen molar-refractivity contribution in [3.8, 4) is 11.5 Å². The number of hydrogen-bond acceptors (Lipinski definition) is 9. The fourth-order valence-corrected chi connectivity index (χ4v) is 5.49. The minimum absolute atomic E-state index is 0.159. The second kappa shape index (κ2) is 8.87. The molecule has 0 spiro atoms. The van der Waals surface area contributed by atoms with Crippen LogP contribution in [0.4, 0.5) is 0 Å². The van der Waals surface area contributed by atoms with Gasteiger partial charge in [-0.2, -0.15) is 0 Å². The van der Waals surface area contributed by atoms with Crippen LogP contribution >= 0.6 is 0 Å². The summed E-state index contributed by atoms with van der Waals surface area (Å²) in [5, 5.41) is 0. The number of carbonyl (C=O) groups is 4. The molecule has 1 heterocycles. The van der Waals surface area contributed by atoms with Gasteiger partial charge in [0.25, 0.3) is 0 Å². The van der Waals surface area contributed by atoms with Gasteiger partial charge in [-0.3, -0.25) is 9.59 Å². The number of rotatable bonds is 5. The summed E-state index contributed by atoms with van der Waals surface area (Å²) in [6.45, 7) is 6.27. The Morgan fingerprint density at radius 3 is 2.40 bits per heavy atom. The van der Waals surface area contributed by atoms with Crippen LogP contribution in [0.5, 0.6) is 11.5 Å². The molecule has 5 atom stereocenters. The number of esters is 3. The molecule has 1 saturated heterocycles. The van der Waals surface area contributed by atoms with Gasteiger partial charge >= 0.3 is 17.9 Å². The molecule has 9 heteroatoms. The Morgan fingerprint density at radius 1 is 1.09 bits per heavy atom. The lowest BCUT2D eigenvalue weighted by Gasteiger charge is -2.34. The van der Waals surface area contributed by atoms with Gasteiger partial charge in [-0.1, -0.05) is 11.1 Å². The summed E-state index contributed by atoms with van der Waals surface area (Å²) in [4.78, 5) is 51.0. The first-order chi connectivity index (χ1) is 16.5. The van der Waals surface area contributed by atoms with Crippen LogP contribution in [0.15, 0.2) is 41.0 Å². The molecule has 9 nitrogen and oxygen atoms in total. The Hall–Kier alpha value is -3.62. The maximum atomic E-state index is 13.2. The minimum atomic E-state index is -1.69. The number of allylic oxidation sites excluding steroid dienone is 1. The van der Waals surface area contributed by atoms with Gasteiger partial charge in [0.2, 0.25) is 5.60 Å². The van der Waals surface area contributed by atoms with Crippen LogP contribution in [-0.4, -0.2) is 55.7 Å². The summed E-state index contributed by atoms with van der Waals surface area (Å²) >= 11 is 0. The second-order valence-corrected chi connectivity index (χ2v) is 9.24. The standard InChI is InChI=1S/C26H28O9/c1-12-9-16(28)20-13(2)10-19(33-24(29)15-7-8-17(31-5)18(11-15)32-6)22-23(21(12)20)34-25(30)26(22,4)35-14(3)27/h7-9,11,19,21-23H,10H2,1-6H3/t19-,21+,22+,23-,26-/m0/s1. The summed E-state index contributed by atoms with van der Waals surface area (Å²) in [6, 6.07) is 4.62. The predicted octanol–water partition coefficient (Wildman–Crippen LogP) is 2.96. The lowest BCUT2D eigenvalue weighted by Crippen LogP contribution is -2.50. The molecule has 1 aromatic rings. The number of benzene rings is 1. The Balaban J connectivity index is 1.76. The fourth-order valence-electron chi connectivity index (χ4n) is 5.49. The molecule has 1 aromatic carbocycles. The van der Waals surface area contributed by atoms with Crippen molar-refractivity contribution in [2.24, 2.45) is 11.8 Å². The Bertz CT molecular complexity index is 1180. The number of ether oxygens (including phenoxy) is 5. The van der Waals surface area contributed by atoms with E-state index >= 15 is 0 Å². The summed E-state index contributed by atoms with van der Waals surface area (Å²) in [6.07, 6.45) is -0.0431. The maximum absolute atomic E-state index is 13.2. The van der Waals surface area contributed by atoms with Crippen LogP contribution in [0.2, 0.25) is 0 Å². The van der Waals surface area contributed by atoms with Gasteiger partial charge in [0.05, 0.1) is 25.7 Å². The molecule has 1 aliphatic heterocycles. The molecule has 186 valence electrons. The van der Waals surface area contributed by atoms with Gasteiger partial charge in [-0.25, -0.2) is 9.59 Å². The van der Waals surface area contributed by atoms with Crippen LogP contribution in [0, 0.1) is 11.8 Å². The van der Waals surface area contributed by atoms with E-state index in [0.717, 1.165) is 11.1 Å². The number of fused-ring (bicyclic) bond motifs is 3. The molecular weight excluding hydrogens is 456 g/mol. The van der Waals surface area contributed by atoms with Crippen molar-refractivity contribution in [1.82, 2.24) is 0 Å². The van der Waals surface area contributed by atoms with Gasteiger partial charge in [0, 0.05) is 24.8 Å². The lowest BCUT2D eigenvalue weighted by molar-refractivity contribution is -0.174. The second-order valence-electron chi connectivity index (χ2n) is 9.24. The third-order valence-electron chi connectivity index (χ3n) is 6.99. The first-order valence-corrected chi connectivity index (χ1v) is 11.3. The predicted molar refractivity (Wildman–Crippen MR) is 122 cm³/mol. The number of hydrogen-bond donors (Lipinski definition) is 0. The van der Waals surface area contributed by atoms with E-state index in [2.05, 4.69) is 0 Å². The minimum Gasteiger partial charge on any atom is -0.493 e. The van der Waals surface area contributed by atoms with Crippen molar-refractivity contribution in [2.45, 2.75) is 51.9 Å². The zero-order valence-electron chi connectivity index (χ0n) is 20.5. The van der Waals surface area contributed by atoms with Gasteiger partial charge in [-0.15, -0.1) is 0 Å². The fraction of sp³-hybridized carbons (Fsp3) is 0.462. The Kier molecular flexibility index (Phi) is 6.21. The topological polar surface area (TPSA) is 114 Å². The monoisotopic (exact) mass is 484 g/mol. The van der Waals surface area contributed by atoms with Crippen molar-refractivity contribution in [2.75, 3.05) is 14.2 Å². The molecule has 0 N–H and O–H groups in total. The van der Waals surface area contributed by atoms with E-state index in [1.54, 1.807) is 19.9 Å². The molecule has 35 heavy (non-hydrogen) atoms. The van der Waals surface area contributed by atoms with Crippen molar-refractivity contribution in [3.63, 3.8) is 0 Å². The highest BCUT2D eigenvalue weighted by molar-refractivity contribution is 6.09. The van der Waals surface area contributed by atoms with E-state index in [4.69, 9.17) is 23.7 Å². The van der Waals surface area contributed by atoms with Gasteiger partial charge in [0.1, 0.15) is 12.2 Å². The summed E-state index contributed by atoms with van der Waals surface area (Å²) in [5.41, 5.74) is 0.517. The van der Waals surface area contributed by atoms with Crippen molar-refractivity contribution in [1.29, 1.82) is 0 Å². The van der Waals surface area contributed by atoms with E-state index < -0.39 is 47.6 Å². The van der Waals surface area contributed by atoms with Crippen LogP contribution in [0.3, 0.4) is 0 Å². The van der Waals surface area contributed by atoms with Crippen molar-refractivity contribution >= 4 is 23.7 Å². The highest BCUT2D eigenvalue weighted by Gasteiger charge is 2.65. The smallest absolute Gasteiger partial charge is 0.351 e. The maximum Gasteiger partial charge on any atom is 0.351 e. The van der Waals surface area contributed by atoms with Crippen molar-refractivity contribution in [3.05, 3.63) is 46.6 Å². The largest absolute Gasteiger partial charge is 0.493 e. The SMILES string of the molecule is COc1ccc(C(=O)O[C@H]2CC(C)=C3C(=O)C=C(C)[C@H]3[C@@H]3OC(=O)[C@@](C)(OC(C)=O)[C@@H]32)cc1OC. The lowest BCUT2D eigenvalue weighted by atomic mass is 9.77. The Morgan fingerprint density at radius 2 is 1.77 bits per heavy atom. The quantitative estimate of drug-likeness (QED) is 0.460. The van der Waals surface area contributed by atoms with Crippen LogP contribution in [0.25, 0.3) is 0 Å². The molecule has 0 radical (unpaired) electrons. The Labute approximate surface area is 203 Å².